The molecule has 0 fully saturated rings. The van der Waals surface area contributed by atoms with Crippen LogP contribution in [0, 0.1) is 6.92 Å². The van der Waals surface area contributed by atoms with Gasteiger partial charge in [-0.15, -0.1) is 11.3 Å². The van der Waals surface area contributed by atoms with E-state index in [1.54, 1.807) is 25.2 Å². The second-order valence-electron chi connectivity index (χ2n) is 4.39. The summed E-state index contributed by atoms with van der Waals surface area (Å²) in [7, 11) is 0. The van der Waals surface area contributed by atoms with Gasteiger partial charge < -0.3 is 5.11 Å². The normalized spacial score (nSPS) is 12.1. The van der Waals surface area contributed by atoms with Crippen LogP contribution in [0.25, 0.3) is 0 Å². The lowest BCUT2D eigenvalue weighted by Crippen LogP contribution is -2.49. The Hall–Kier alpha value is -0.870. The quantitative estimate of drug-likeness (QED) is 0.861. The molecule has 0 aromatic carbocycles. The first kappa shape index (κ1) is 13.2. The highest BCUT2D eigenvalue weighted by atomic mass is 32.1. The van der Waals surface area contributed by atoms with E-state index in [0.717, 1.165) is 6.54 Å². The third kappa shape index (κ3) is 2.83. The Labute approximate surface area is 101 Å². The topological polar surface area (TPSA) is 40.5 Å². The summed E-state index contributed by atoms with van der Waals surface area (Å²) in [4.78, 5) is 15.6. The predicted octanol–water partition coefficient (Wildman–Crippen LogP) is 2.74. The zero-order valence-corrected chi connectivity index (χ0v) is 11.1. The third-order valence-corrected chi connectivity index (χ3v) is 3.82. The van der Waals surface area contributed by atoms with Gasteiger partial charge in [-0.1, -0.05) is 6.92 Å². The van der Waals surface area contributed by atoms with E-state index in [9.17, 15) is 9.90 Å². The standard InChI is InChI=1S/C12H19NO2S/c1-5-13(12(3,4)11(14)15)8-10-7-6-9(2)16-10/h6-7H,5,8H2,1-4H3,(H,14,15). The highest BCUT2D eigenvalue weighted by molar-refractivity contribution is 7.11. The van der Waals surface area contributed by atoms with Crippen LogP contribution in [0.5, 0.6) is 0 Å². The molecule has 4 heteroatoms. The molecule has 0 saturated heterocycles. The maximum absolute atomic E-state index is 11.2. The minimum Gasteiger partial charge on any atom is -0.480 e. The van der Waals surface area contributed by atoms with E-state index in [-0.39, 0.29) is 0 Å². The number of aliphatic carboxylic acids is 1. The van der Waals surface area contributed by atoms with Crippen LogP contribution >= 0.6 is 11.3 Å². The van der Waals surface area contributed by atoms with Crippen molar-refractivity contribution in [1.82, 2.24) is 4.90 Å². The van der Waals surface area contributed by atoms with E-state index < -0.39 is 11.5 Å². The van der Waals surface area contributed by atoms with Gasteiger partial charge in [0.25, 0.3) is 0 Å². The third-order valence-electron chi connectivity index (χ3n) is 2.84. The molecule has 90 valence electrons. The van der Waals surface area contributed by atoms with Crippen LogP contribution in [-0.4, -0.2) is 28.1 Å². The Morgan fingerprint density at radius 2 is 2.12 bits per heavy atom. The van der Waals surface area contributed by atoms with Crippen molar-refractivity contribution in [3.63, 3.8) is 0 Å². The van der Waals surface area contributed by atoms with E-state index in [0.29, 0.717) is 6.54 Å². The summed E-state index contributed by atoms with van der Waals surface area (Å²) in [5.41, 5.74) is -0.813. The van der Waals surface area contributed by atoms with Crippen LogP contribution < -0.4 is 0 Å². The molecule has 1 aromatic rings. The number of nitrogens with zero attached hydrogens (tertiary/aromatic N) is 1. The highest BCUT2D eigenvalue weighted by Gasteiger charge is 2.33. The van der Waals surface area contributed by atoms with Crippen molar-refractivity contribution in [3.8, 4) is 0 Å². The van der Waals surface area contributed by atoms with E-state index in [1.165, 1.54) is 9.75 Å². The molecule has 16 heavy (non-hydrogen) atoms. The zero-order chi connectivity index (χ0) is 12.3. The molecule has 0 aliphatic heterocycles. The van der Waals surface area contributed by atoms with Crippen molar-refractivity contribution in [2.24, 2.45) is 0 Å². The van der Waals surface area contributed by atoms with Crippen LogP contribution in [0.2, 0.25) is 0 Å². The van der Waals surface area contributed by atoms with E-state index in [4.69, 9.17) is 0 Å². The molecule has 0 aliphatic rings. The molecule has 0 bridgehead atoms. The summed E-state index contributed by atoms with van der Waals surface area (Å²) in [6.07, 6.45) is 0. The summed E-state index contributed by atoms with van der Waals surface area (Å²) >= 11 is 1.72. The molecule has 0 aliphatic carbocycles. The van der Waals surface area contributed by atoms with Gasteiger partial charge in [0, 0.05) is 16.3 Å². The molecule has 1 N–H and O–H groups in total. The van der Waals surface area contributed by atoms with Crippen molar-refractivity contribution in [2.75, 3.05) is 6.54 Å². The van der Waals surface area contributed by atoms with E-state index in [1.807, 2.05) is 11.8 Å². The minimum absolute atomic E-state index is 0.703. The summed E-state index contributed by atoms with van der Waals surface area (Å²) in [6.45, 7) is 8.99. The second kappa shape index (κ2) is 4.97. The van der Waals surface area contributed by atoms with Gasteiger partial charge in [-0.2, -0.15) is 0 Å². The number of likely N-dealkylation sites (N-methyl/N-ethyl adjacent to an activating group) is 1. The lowest BCUT2D eigenvalue weighted by Gasteiger charge is -2.33. The molecule has 0 atom stereocenters. The van der Waals surface area contributed by atoms with Gasteiger partial charge in [-0.25, -0.2) is 0 Å². The van der Waals surface area contributed by atoms with Gasteiger partial charge in [-0.3, -0.25) is 9.69 Å². The summed E-state index contributed by atoms with van der Waals surface area (Å²) in [5.74, 6) is -0.775. The van der Waals surface area contributed by atoms with Crippen LogP contribution in [0.3, 0.4) is 0 Å². The van der Waals surface area contributed by atoms with Gasteiger partial charge in [0.1, 0.15) is 5.54 Å². The fourth-order valence-electron chi connectivity index (χ4n) is 1.60. The second-order valence-corrected chi connectivity index (χ2v) is 5.76. The van der Waals surface area contributed by atoms with Crippen molar-refractivity contribution >= 4 is 17.3 Å². The molecule has 1 rings (SSSR count). The molecule has 0 spiro atoms. The Kier molecular flexibility index (Phi) is 4.10. The first-order valence-corrected chi connectivity index (χ1v) is 6.23. The molecule has 3 nitrogen and oxygen atoms in total. The van der Waals surface area contributed by atoms with Crippen molar-refractivity contribution in [2.45, 2.75) is 39.8 Å². The molecule has 0 saturated carbocycles. The van der Waals surface area contributed by atoms with Gasteiger partial charge in [0.2, 0.25) is 0 Å². The fraction of sp³-hybridized carbons (Fsp3) is 0.583. The molecule has 1 heterocycles. The number of thiophene rings is 1. The fourth-order valence-corrected chi connectivity index (χ4v) is 2.50. The molecule has 0 unspecified atom stereocenters. The lowest BCUT2D eigenvalue weighted by atomic mass is 10.0. The van der Waals surface area contributed by atoms with Crippen molar-refractivity contribution < 1.29 is 9.90 Å². The van der Waals surface area contributed by atoms with Crippen molar-refractivity contribution in [3.05, 3.63) is 21.9 Å². The average molecular weight is 241 g/mol. The highest BCUT2D eigenvalue weighted by Crippen LogP contribution is 2.22. The van der Waals surface area contributed by atoms with Gasteiger partial charge in [-0.05, 0) is 39.4 Å². The van der Waals surface area contributed by atoms with E-state index in [2.05, 4.69) is 19.1 Å². The lowest BCUT2D eigenvalue weighted by molar-refractivity contribution is -0.149. The SMILES string of the molecule is CCN(Cc1ccc(C)s1)C(C)(C)C(=O)O. The van der Waals surface area contributed by atoms with E-state index >= 15 is 0 Å². The number of carbonyl (C=O) groups is 1. The number of hydrogen-bond donors (Lipinski definition) is 1. The van der Waals surface area contributed by atoms with Crippen molar-refractivity contribution in [1.29, 1.82) is 0 Å². The van der Waals surface area contributed by atoms with Crippen LogP contribution in [-0.2, 0) is 11.3 Å². The maximum atomic E-state index is 11.2. The summed E-state index contributed by atoms with van der Waals surface area (Å²) in [5, 5.41) is 9.19. The van der Waals surface area contributed by atoms with Gasteiger partial charge in [0.05, 0.1) is 0 Å². The number of aryl methyl sites for hydroxylation is 1. The molecular formula is C12H19NO2S. The number of carboxylic acids is 1. The predicted molar refractivity (Wildman–Crippen MR) is 66.9 cm³/mol. The zero-order valence-electron chi connectivity index (χ0n) is 10.3. The van der Waals surface area contributed by atoms with Gasteiger partial charge in [0.15, 0.2) is 0 Å². The van der Waals surface area contributed by atoms with Crippen LogP contribution in [0.1, 0.15) is 30.5 Å². The smallest absolute Gasteiger partial charge is 0.323 e. The van der Waals surface area contributed by atoms with Gasteiger partial charge >= 0.3 is 5.97 Å². The molecule has 0 radical (unpaired) electrons. The average Bonchev–Trinajstić information content (AvgIpc) is 2.60. The Bertz CT molecular complexity index is 371. The number of rotatable bonds is 5. The summed E-state index contributed by atoms with van der Waals surface area (Å²) < 4.78 is 0. The number of carboxylic acid groups (broad SMARTS) is 1. The number of hydrogen-bond acceptors (Lipinski definition) is 3. The van der Waals surface area contributed by atoms with Crippen LogP contribution in [0.15, 0.2) is 12.1 Å². The maximum Gasteiger partial charge on any atom is 0.323 e. The van der Waals surface area contributed by atoms with Crippen LogP contribution in [0.4, 0.5) is 0 Å². The summed E-state index contributed by atoms with van der Waals surface area (Å²) in [6, 6.07) is 4.14. The molecule has 1 aromatic heterocycles. The minimum atomic E-state index is -0.813. The Morgan fingerprint density at radius 3 is 2.50 bits per heavy atom. The Balaban J connectivity index is 2.80. The Morgan fingerprint density at radius 1 is 1.50 bits per heavy atom. The largest absolute Gasteiger partial charge is 0.480 e. The monoisotopic (exact) mass is 241 g/mol. The molecular weight excluding hydrogens is 222 g/mol. The first-order valence-electron chi connectivity index (χ1n) is 5.41. The molecule has 0 amide bonds. The first-order chi connectivity index (χ1) is 7.37.